The van der Waals surface area contributed by atoms with Crippen LogP contribution in [0.25, 0.3) is 0 Å². The van der Waals surface area contributed by atoms with Crippen LogP contribution in [0.4, 0.5) is 0 Å². The molecule has 8 heavy (non-hydrogen) atoms. The predicted molar refractivity (Wildman–Crippen MR) is 30.1 cm³/mol. The van der Waals surface area contributed by atoms with E-state index < -0.39 is 11.5 Å². The molecule has 1 amide bonds. The van der Waals surface area contributed by atoms with Crippen molar-refractivity contribution in [1.82, 2.24) is 0 Å². The van der Waals surface area contributed by atoms with E-state index >= 15 is 0 Å². The van der Waals surface area contributed by atoms with Crippen LogP contribution in [0.2, 0.25) is 0 Å². The van der Waals surface area contributed by atoms with E-state index in [4.69, 9.17) is 10.8 Å². The summed E-state index contributed by atoms with van der Waals surface area (Å²) in [5, 5.41) is 8.93. The lowest BCUT2D eigenvalue weighted by Gasteiger charge is -2.14. The van der Waals surface area contributed by atoms with Gasteiger partial charge in [0.2, 0.25) is 5.91 Å². The van der Waals surface area contributed by atoms with Crippen molar-refractivity contribution >= 4 is 5.91 Å². The Labute approximate surface area is 48.5 Å². The summed E-state index contributed by atoms with van der Waals surface area (Å²) in [6.45, 7) is 3.10. The molecule has 0 rings (SSSR count). The Morgan fingerprint density at radius 3 is 2.25 bits per heavy atom. The number of rotatable bonds is 2. The van der Waals surface area contributed by atoms with Crippen molar-refractivity contribution in [3.8, 4) is 0 Å². The minimum Gasteiger partial charge on any atom is -0.380 e. The predicted octanol–water partition coefficient (Wildman–Crippen LogP) is -0.367. The first-order valence-corrected chi connectivity index (χ1v) is 2.53. The number of nitrogens with two attached hydrogens (primary N) is 1. The molecule has 1 atom stereocenters. The van der Waals surface area contributed by atoms with Gasteiger partial charge in [0.05, 0.1) is 0 Å². The van der Waals surface area contributed by atoms with E-state index in [-0.39, 0.29) is 0 Å². The van der Waals surface area contributed by atoms with Gasteiger partial charge in [0.25, 0.3) is 0 Å². The average Bonchev–Trinajstić information content (AvgIpc) is 1.67. The van der Waals surface area contributed by atoms with Crippen LogP contribution in [0.5, 0.6) is 0 Å². The summed E-state index contributed by atoms with van der Waals surface area (Å²) in [5.74, 6) is -0.667. The number of carbonyl (C=O) groups is 1. The van der Waals surface area contributed by atoms with E-state index in [2.05, 4.69) is 0 Å². The molecule has 0 heterocycles. The van der Waals surface area contributed by atoms with Gasteiger partial charge < -0.3 is 10.8 Å². The second kappa shape index (κ2) is 2.13. The van der Waals surface area contributed by atoms with Crippen LogP contribution in [-0.2, 0) is 4.79 Å². The standard InChI is InChI=1S/C5H11NO2/c1-3-5(2,8)4(6)7/h8H,3H2,1-2H3,(H2,6,7). The first-order chi connectivity index (χ1) is 3.50. The Balaban J connectivity index is 3.91. The number of primary amides is 1. The van der Waals surface area contributed by atoms with E-state index in [1.54, 1.807) is 6.92 Å². The highest BCUT2D eigenvalue weighted by molar-refractivity contribution is 5.82. The second-order valence-corrected chi connectivity index (χ2v) is 1.99. The number of aliphatic hydroxyl groups is 1. The molecule has 0 fully saturated rings. The molecule has 0 saturated carbocycles. The van der Waals surface area contributed by atoms with Crippen LogP contribution in [0.1, 0.15) is 20.3 Å². The van der Waals surface area contributed by atoms with Crippen molar-refractivity contribution in [3.05, 3.63) is 0 Å². The Kier molecular flexibility index (Phi) is 1.98. The van der Waals surface area contributed by atoms with Crippen molar-refractivity contribution in [2.75, 3.05) is 0 Å². The SMILES string of the molecule is CCC(C)(O)C(N)=O. The molecule has 0 aromatic carbocycles. The van der Waals surface area contributed by atoms with Gasteiger partial charge in [-0.05, 0) is 13.3 Å². The van der Waals surface area contributed by atoms with Crippen molar-refractivity contribution in [2.24, 2.45) is 5.73 Å². The van der Waals surface area contributed by atoms with Gasteiger partial charge >= 0.3 is 0 Å². The van der Waals surface area contributed by atoms with Gasteiger partial charge in [-0.2, -0.15) is 0 Å². The van der Waals surface area contributed by atoms with Crippen LogP contribution < -0.4 is 5.73 Å². The number of hydrogen-bond donors (Lipinski definition) is 2. The number of hydrogen-bond acceptors (Lipinski definition) is 2. The minimum absolute atomic E-state index is 0.363. The van der Waals surface area contributed by atoms with Gasteiger partial charge in [0.15, 0.2) is 0 Å². The van der Waals surface area contributed by atoms with Crippen molar-refractivity contribution < 1.29 is 9.90 Å². The summed E-state index contributed by atoms with van der Waals surface area (Å²) in [7, 11) is 0. The van der Waals surface area contributed by atoms with E-state index in [1.807, 2.05) is 0 Å². The van der Waals surface area contributed by atoms with E-state index in [0.29, 0.717) is 6.42 Å². The average molecular weight is 117 g/mol. The second-order valence-electron chi connectivity index (χ2n) is 1.99. The molecule has 0 aliphatic carbocycles. The van der Waals surface area contributed by atoms with Crippen molar-refractivity contribution in [1.29, 1.82) is 0 Å². The molecule has 0 bridgehead atoms. The maximum atomic E-state index is 10.2. The smallest absolute Gasteiger partial charge is 0.249 e. The Hall–Kier alpha value is -0.570. The number of carbonyl (C=O) groups excluding carboxylic acids is 1. The fourth-order valence-corrected chi connectivity index (χ4v) is 0.174. The van der Waals surface area contributed by atoms with Crippen molar-refractivity contribution in [3.63, 3.8) is 0 Å². The third kappa shape index (κ3) is 1.50. The summed E-state index contributed by atoms with van der Waals surface area (Å²) in [6, 6.07) is 0. The highest BCUT2D eigenvalue weighted by Crippen LogP contribution is 2.05. The lowest BCUT2D eigenvalue weighted by molar-refractivity contribution is -0.134. The van der Waals surface area contributed by atoms with Crippen molar-refractivity contribution in [2.45, 2.75) is 25.9 Å². The Bertz CT molecular complexity index is 98.6. The molecule has 3 heteroatoms. The molecular formula is C5H11NO2. The highest BCUT2D eigenvalue weighted by atomic mass is 16.3. The van der Waals surface area contributed by atoms with Crippen LogP contribution in [0.3, 0.4) is 0 Å². The fourth-order valence-electron chi connectivity index (χ4n) is 0.174. The van der Waals surface area contributed by atoms with Crippen LogP contribution in [-0.4, -0.2) is 16.6 Å². The summed E-state index contributed by atoms with van der Waals surface area (Å²) in [4.78, 5) is 10.2. The third-order valence-corrected chi connectivity index (χ3v) is 1.22. The lowest BCUT2D eigenvalue weighted by Crippen LogP contribution is -2.39. The van der Waals surface area contributed by atoms with Gasteiger partial charge in [-0.1, -0.05) is 6.92 Å². The molecule has 0 aromatic rings. The largest absolute Gasteiger partial charge is 0.380 e. The molecule has 0 aliphatic heterocycles. The van der Waals surface area contributed by atoms with Crippen LogP contribution >= 0.6 is 0 Å². The highest BCUT2D eigenvalue weighted by Gasteiger charge is 2.23. The number of amides is 1. The molecule has 0 aromatic heterocycles. The van der Waals surface area contributed by atoms with Crippen LogP contribution in [0.15, 0.2) is 0 Å². The quantitative estimate of drug-likeness (QED) is 0.518. The fraction of sp³-hybridized carbons (Fsp3) is 0.800. The van der Waals surface area contributed by atoms with Gasteiger partial charge in [0.1, 0.15) is 5.60 Å². The molecule has 0 aliphatic rings. The van der Waals surface area contributed by atoms with E-state index in [1.165, 1.54) is 6.92 Å². The van der Waals surface area contributed by atoms with Gasteiger partial charge in [-0.25, -0.2) is 0 Å². The maximum Gasteiger partial charge on any atom is 0.249 e. The Morgan fingerprint density at radius 2 is 2.25 bits per heavy atom. The summed E-state index contributed by atoms with van der Waals surface area (Å²) in [5.41, 5.74) is 3.47. The third-order valence-electron chi connectivity index (χ3n) is 1.22. The summed E-state index contributed by atoms with van der Waals surface area (Å²) in [6.07, 6.45) is 0.363. The topological polar surface area (TPSA) is 63.3 Å². The zero-order chi connectivity index (χ0) is 6.78. The molecule has 0 radical (unpaired) electrons. The normalized spacial score (nSPS) is 17.4. The first-order valence-electron chi connectivity index (χ1n) is 2.53. The van der Waals surface area contributed by atoms with Crippen LogP contribution in [0, 0.1) is 0 Å². The summed E-state index contributed by atoms with van der Waals surface area (Å²) >= 11 is 0. The molecule has 0 saturated heterocycles. The minimum atomic E-state index is -1.32. The summed E-state index contributed by atoms with van der Waals surface area (Å²) < 4.78 is 0. The molecule has 3 nitrogen and oxygen atoms in total. The molecule has 0 spiro atoms. The monoisotopic (exact) mass is 117 g/mol. The van der Waals surface area contributed by atoms with E-state index in [0.717, 1.165) is 0 Å². The van der Waals surface area contributed by atoms with Gasteiger partial charge in [-0.3, -0.25) is 4.79 Å². The van der Waals surface area contributed by atoms with Gasteiger partial charge in [-0.15, -0.1) is 0 Å². The Morgan fingerprint density at radius 1 is 1.88 bits per heavy atom. The molecule has 48 valence electrons. The maximum absolute atomic E-state index is 10.2. The molecule has 1 unspecified atom stereocenters. The first kappa shape index (κ1) is 7.43. The zero-order valence-electron chi connectivity index (χ0n) is 5.14. The molecule has 3 N–H and O–H groups in total. The zero-order valence-corrected chi connectivity index (χ0v) is 5.14. The van der Waals surface area contributed by atoms with E-state index in [9.17, 15) is 4.79 Å². The lowest BCUT2D eigenvalue weighted by atomic mass is 10.0. The van der Waals surface area contributed by atoms with Gasteiger partial charge in [0, 0.05) is 0 Å². The molecular weight excluding hydrogens is 106 g/mol.